The van der Waals surface area contributed by atoms with Gasteiger partial charge in [0, 0.05) is 0 Å². The van der Waals surface area contributed by atoms with E-state index >= 15 is 0 Å². The van der Waals surface area contributed by atoms with Crippen molar-refractivity contribution in [2.24, 2.45) is 0 Å². The van der Waals surface area contributed by atoms with Crippen LogP contribution in [0.4, 0.5) is 0 Å². The standard InChI is InChI=1S/C25H30N2.2C5H11.Pd/c1-4-6-8-21-12-16-24(17-13-21)25(23-14-10-20(3)11-15-23)18-22(19-27-26)9-7-5-2;2*1-3-5-4-2;/h10-18H,4-9H2,1-3H3;2*1,3-5H2,2H3;. The van der Waals surface area contributed by atoms with Crippen LogP contribution in [-0.4, -0.2) is 10.7 Å². The molecule has 0 atom stereocenters. The fourth-order valence-corrected chi connectivity index (χ4v) is 5.90. The van der Waals surface area contributed by atoms with E-state index in [9.17, 15) is 0 Å². The van der Waals surface area contributed by atoms with Gasteiger partial charge >= 0.3 is 86.0 Å². The molecule has 0 amide bonds. The minimum atomic E-state index is 0.852. The molecule has 0 saturated heterocycles. The second-order valence-electron chi connectivity index (χ2n) is 9.95. The number of nitrogens with zero attached hydrogens (tertiary/aromatic N) is 2. The summed E-state index contributed by atoms with van der Waals surface area (Å²) in [6.45, 7) is 11.0. The summed E-state index contributed by atoms with van der Waals surface area (Å²) in [6, 6.07) is 17.4. The average Bonchev–Trinajstić information content (AvgIpc) is 2.94. The summed E-state index contributed by atoms with van der Waals surface area (Å²) in [5, 5.41) is 0. The minimum absolute atomic E-state index is 0.852. The van der Waals surface area contributed by atoms with Crippen molar-refractivity contribution in [1.82, 2.24) is 0 Å². The summed E-state index contributed by atoms with van der Waals surface area (Å²) in [5.74, 6) is 2.76. The van der Waals surface area contributed by atoms with Crippen molar-refractivity contribution in [3.8, 4) is 0 Å². The van der Waals surface area contributed by atoms with Crippen LogP contribution in [0.5, 0.6) is 0 Å². The van der Waals surface area contributed by atoms with Crippen molar-refractivity contribution >= 4 is 11.4 Å². The van der Waals surface area contributed by atoms with Gasteiger partial charge in [0.1, 0.15) is 0 Å². The first-order chi connectivity index (χ1) is 18.6. The molecule has 0 aromatic heterocycles. The number of aryl methyl sites for hydroxylation is 2. The van der Waals surface area contributed by atoms with Crippen molar-refractivity contribution in [1.29, 1.82) is 0 Å². The van der Waals surface area contributed by atoms with Crippen LogP contribution in [0, 0.1) is 6.92 Å². The zero-order chi connectivity index (χ0) is 27.8. The molecule has 0 heterocycles. The first-order valence-corrected chi connectivity index (χ1v) is 17.1. The number of rotatable bonds is 17. The molecule has 0 unspecified atom stereocenters. The van der Waals surface area contributed by atoms with Gasteiger partial charge in [-0.05, 0) is 60.9 Å². The van der Waals surface area contributed by atoms with Gasteiger partial charge in [-0.1, -0.05) is 80.8 Å². The van der Waals surface area contributed by atoms with Crippen LogP contribution in [0.3, 0.4) is 0 Å². The predicted molar refractivity (Wildman–Crippen MR) is 164 cm³/mol. The van der Waals surface area contributed by atoms with Crippen molar-refractivity contribution in [2.75, 3.05) is 0 Å². The van der Waals surface area contributed by atoms with E-state index in [4.69, 9.17) is 5.53 Å². The van der Waals surface area contributed by atoms with Gasteiger partial charge in [-0.15, -0.1) is 4.79 Å². The van der Waals surface area contributed by atoms with Gasteiger partial charge in [-0.25, -0.2) is 0 Å². The molecular formula is C35H52N2Pd. The first kappa shape index (κ1) is 34.0. The van der Waals surface area contributed by atoms with E-state index in [-0.39, 0.29) is 0 Å². The molecule has 0 N–H and O–H groups in total. The Morgan fingerprint density at radius 3 is 1.76 bits per heavy atom. The van der Waals surface area contributed by atoms with Gasteiger partial charge in [0.2, 0.25) is 0 Å². The third-order valence-corrected chi connectivity index (χ3v) is 8.61. The molecule has 0 bridgehead atoms. The molecule has 2 aromatic rings. The monoisotopic (exact) mass is 606 g/mol. The third-order valence-electron chi connectivity index (χ3n) is 6.41. The van der Waals surface area contributed by atoms with Crippen LogP contribution in [0.2, 0.25) is 9.79 Å². The van der Waals surface area contributed by atoms with Gasteiger partial charge < -0.3 is 5.53 Å². The molecule has 2 aromatic carbocycles. The van der Waals surface area contributed by atoms with Gasteiger partial charge in [-0.3, -0.25) is 0 Å². The van der Waals surface area contributed by atoms with Crippen LogP contribution in [0.15, 0.2) is 60.2 Å². The van der Waals surface area contributed by atoms with Gasteiger partial charge in [0.15, 0.2) is 0 Å². The Labute approximate surface area is 242 Å². The Bertz CT molecular complexity index is 968. The maximum atomic E-state index is 9.01. The zero-order valence-electron chi connectivity index (χ0n) is 24.8. The Kier molecular flexibility index (Phi) is 20.5. The Morgan fingerprint density at radius 2 is 1.26 bits per heavy atom. The van der Waals surface area contributed by atoms with E-state index in [0.717, 1.165) is 60.4 Å². The molecule has 0 fully saturated rings. The number of unbranched alkanes of at least 4 members (excludes halogenated alkanes) is 6. The van der Waals surface area contributed by atoms with E-state index in [1.54, 1.807) is 0 Å². The number of benzene rings is 2. The fraction of sp³-hybridized carbons (Fsp3) is 0.543. The van der Waals surface area contributed by atoms with Crippen molar-refractivity contribution in [2.45, 2.75) is 121 Å². The van der Waals surface area contributed by atoms with E-state index in [1.807, 2.05) is 0 Å². The van der Waals surface area contributed by atoms with E-state index < -0.39 is 0 Å². The topological polar surface area (TPSA) is 36.4 Å². The second kappa shape index (κ2) is 22.9. The molecule has 38 heavy (non-hydrogen) atoms. The van der Waals surface area contributed by atoms with Crippen molar-refractivity contribution in [3.05, 3.63) is 88.0 Å². The van der Waals surface area contributed by atoms with E-state index in [2.05, 4.69) is 99.9 Å². The summed E-state index contributed by atoms with van der Waals surface area (Å²) in [5.41, 5.74) is 16.0. The fourth-order valence-electron chi connectivity index (χ4n) is 3.96. The SMILES string of the molecule is CCCCC(=C=[N+]=[N-])C=C(c1ccc(C)cc1)c1ccc(CCCC)cc1.CCCC[CH2][Pd][CH2]CCCC. The molecule has 2 rings (SSSR count). The molecule has 0 saturated carbocycles. The summed E-state index contributed by atoms with van der Waals surface area (Å²) >= 11 is 1.08. The number of allylic oxidation sites excluding steroid dienone is 2. The summed E-state index contributed by atoms with van der Waals surface area (Å²) in [4.78, 5) is 6.20. The quantitative estimate of drug-likeness (QED) is 0.0429. The van der Waals surface area contributed by atoms with Crippen LogP contribution in [0.25, 0.3) is 11.1 Å². The Balaban J connectivity index is 0.000000554. The molecular weight excluding hydrogens is 555 g/mol. The molecule has 0 aliphatic carbocycles. The van der Waals surface area contributed by atoms with E-state index in [1.165, 1.54) is 77.8 Å². The van der Waals surface area contributed by atoms with Crippen LogP contribution < -0.4 is 0 Å². The Morgan fingerprint density at radius 1 is 0.737 bits per heavy atom. The summed E-state index contributed by atoms with van der Waals surface area (Å²) in [6.07, 6.45) is 17.3. The molecule has 0 spiro atoms. The van der Waals surface area contributed by atoms with Crippen LogP contribution >= 0.6 is 0 Å². The van der Waals surface area contributed by atoms with Crippen LogP contribution in [-0.2, 0) is 24.4 Å². The molecule has 3 heteroatoms. The summed E-state index contributed by atoms with van der Waals surface area (Å²) in [7, 11) is 0. The zero-order valence-corrected chi connectivity index (χ0v) is 26.4. The maximum absolute atomic E-state index is 9.01. The number of hydrogen-bond donors (Lipinski definition) is 0. The first-order valence-electron chi connectivity index (χ1n) is 14.9. The summed E-state index contributed by atoms with van der Waals surface area (Å²) < 4.78 is 0. The van der Waals surface area contributed by atoms with E-state index in [0.29, 0.717) is 0 Å². The normalized spacial score (nSPS) is 10.9. The second-order valence-corrected chi connectivity index (χ2v) is 12.3. The predicted octanol–water partition coefficient (Wildman–Crippen LogP) is 11.1. The van der Waals surface area contributed by atoms with Gasteiger partial charge in [0.05, 0.1) is 5.57 Å². The van der Waals surface area contributed by atoms with Crippen molar-refractivity contribution < 1.29 is 22.8 Å². The van der Waals surface area contributed by atoms with Crippen LogP contribution in [0.1, 0.15) is 121 Å². The molecule has 2 nitrogen and oxygen atoms in total. The number of hydrogen-bond acceptors (Lipinski definition) is 0. The van der Waals surface area contributed by atoms with Gasteiger partial charge in [-0.2, -0.15) is 0 Å². The Hall–Kier alpha value is -2.00. The average molecular weight is 607 g/mol. The molecule has 0 aliphatic rings. The molecule has 0 radical (unpaired) electrons. The van der Waals surface area contributed by atoms with Crippen molar-refractivity contribution in [3.63, 3.8) is 0 Å². The molecule has 0 aliphatic heterocycles. The third kappa shape index (κ3) is 15.4. The van der Waals surface area contributed by atoms with Gasteiger partial charge in [0.25, 0.3) is 0 Å². The molecule has 212 valence electrons.